The zero-order chi connectivity index (χ0) is 23.7. The van der Waals surface area contributed by atoms with E-state index in [0.717, 1.165) is 24.0 Å². The van der Waals surface area contributed by atoms with E-state index in [1.165, 1.54) is 0 Å². The SMILES string of the molecule is CC(C)=C1[C@@H]2[C@H](S(=O)(=O)c3ccccc3)[C@H](S(=O)(=O)c3ccccc3)[C@H]1[C@]13C[C@]21[C@@H]1C=C[C@H]3C1. The summed E-state index contributed by atoms with van der Waals surface area (Å²) in [5, 5.41) is -1.92. The highest BCUT2D eigenvalue weighted by atomic mass is 32.2. The molecule has 34 heavy (non-hydrogen) atoms. The van der Waals surface area contributed by atoms with Crippen LogP contribution in [-0.2, 0) is 19.7 Å². The van der Waals surface area contributed by atoms with Gasteiger partial charge in [0.15, 0.2) is 19.7 Å². The topological polar surface area (TPSA) is 68.3 Å². The fraction of sp³-hybridized carbons (Fsp3) is 0.429. The highest BCUT2D eigenvalue weighted by molar-refractivity contribution is 7.96. The van der Waals surface area contributed by atoms with Gasteiger partial charge in [-0.25, -0.2) is 16.8 Å². The third kappa shape index (κ3) is 2.13. The Morgan fingerprint density at radius 2 is 1.12 bits per heavy atom. The van der Waals surface area contributed by atoms with Gasteiger partial charge in [0.25, 0.3) is 0 Å². The molecular formula is C28H28O4S2. The molecular weight excluding hydrogens is 464 g/mol. The number of benzene rings is 2. The molecule has 8 atom stereocenters. The van der Waals surface area contributed by atoms with Gasteiger partial charge in [0, 0.05) is 11.8 Å². The van der Waals surface area contributed by atoms with E-state index in [0.29, 0.717) is 11.8 Å². The summed E-state index contributed by atoms with van der Waals surface area (Å²) in [6.45, 7) is 4.09. The van der Waals surface area contributed by atoms with Crippen molar-refractivity contribution < 1.29 is 16.8 Å². The van der Waals surface area contributed by atoms with Crippen LogP contribution in [0.5, 0.6) is 0 Å². The van der Waals surface area contributed by atoms with Crippen LogP contribution in [0.3, 0.4) is 0 Å². The number of allylic oxidation sites excluding steroid dienone is 4. The summed E-state index contributed by atoms with van der Waals surface area (Å²) in [4.78, 5) is 0.463. The number of rotatable bonds is 4. The molecule has 176 valence electrons. The van der Waals surface area contributed by atoms with Crippen LogP contribution in [0.2, 0.25) is 0 Å². The Hall–Kier alpha value is -2.18. The van der Waals surface area contributed by atoms with E-state index in [1.54, 1.807) is 60.7 Å². The van der Waals surface area contributed by atoms with Crippen LogP contribution in [0, 0.1) is 34.5 Å². The lowest BCUT2D eigenvalue weighted by Crippen LogP contribution is -2.50. The van der Waals surface area contributed by atoms with Crippen LogP contribution in [-0.4, -0.2) is 27.3 Å². The molecule has 5 aliphatic carbocycles. The number of hydrogen-bond acceptors (Lipinski definition) is 4. The predicted molar refractivity (Wildman–Crippen MR) is 130 cm³/mol. The number of fused-ring (bicyclic) bond motifs is 4. The normalized spacial score (nSPS) is 40.9. The van der Waals surface area contributed by atoms with Crippen molar-refractivity contribution in [3.8, 4) is 0 Å². The van der Waals surface area contributed by atoms with Crippen molar-refractivity contribution in [3.63, 3.8) is 0 Å². The first-order valence-corrected chi connectivity index (χ1v) is 15.2. The maximum atomic E-state index is 14.3. The van der Waals surface area contributed by atoms with Crippen LogP contribution in [0.15, 0.2) is 93.8 Å². The second-order valence-electron chi connectivity index (χ2n) is 11.1. The van der Waals surface area contributed by atoms with Gasteiger partial charge in [-0.3, -0.25) is 0 Å². The third-order valence-corrected chi connectivity index (χ3v) is 14.5. The molecule has 2 aromatic carbocycles. The Morgan fingerprint density at radius 3 is 1.50 bits per heavy atom. The molecule has 0 saturated heterocycles. The van der Waals surface area contributed by atoms with Crippen LogP contribution in [0.1, 0.15) is 26.7 Å². The van der Waals surface area contributed by atoms with E-state index >= 15 is 0 Å². The Kier molecular flexibility index (Phi) is 3.93. The minimum atomic E-state index is -3.88. The fourth-order valence-electron chi connectivity index (χ4n) is 9.05. The standard InChI is InChI=1S/C28H28O4S2/c1-17(2)22-23-25(33(29,30)20-9-5-3-6-10-20)26(34(31,32)21-11-7-4-8-12-21)24(22)28-16-27(23,28)18-13-14-19(28)15-18/h3-14,18-19,23-26H,15-16H2,1-2H3/t18-,19+,23-,24+,25+,26-,27+,28-. The molecule has 0 unspecified atom stereocenters. The molecule has 0 N–H and O–H groups in total. The van der Waals surface area contributed by atoms with Crippen molar-refractivity contribution in [3.05, 3.63) is 84.0 Å². The molecule has 4 saturated carbocycles. The predicted octanol–water partition coefficient (Wildman–Crippen LogP) is 4.85. The van der Waals surface area contributed by atoms with Crippen molar-refractivity contribution in [1.29, 1.82) is 0 Å². The van der Waals surface area contributed by atoms with Crippen molar-refractivity contribution in [1.82, 2.24) is 0 Å². The maximum Gasteiger partial charge on any atom is 0.183 e. The molecule has 0 amide bonds. The molecule has 7 rings (SSSR count). The fourth-order valence-corrected chi connectivity index (χ4v) is 14.1. The van der Waals surface area contributed by atoms with Crippen LogP contribution >= 0.6 is 0 Å². The lowest BCUT2D eigenvalue weighted by atomic mass is 9.73. The van der Waals surface area contributed by atoms with Crippen LogP contribution < -0.4 is 0 Å². The summed E-state index contributed by atoms with van der Waals surface area (Å²) in [5.74, 6) is 0.235. The molecule has 0 heterocycles. The Bertz CT molecular complexity index is 1380. The van der Waals surface area contributed by atoms with E-state index in [4.69, 9.17) is 0 Å². The Morgan fingerprint density at radius 1 is 0.706 bits per heavy atom. The zero-order valence-corrected chi connectivity index (χ0v) is 20.9. The highest BCUT2D eigenvalue weighted by Gasteiger charge is 2.93. The van der Waals surface area contributed by atoms with E-state index in [2.05, 4.69) is 12.2 Å². The lowest BCUT2D eigenvalue weighted by molar-refractivity contribution is 0.209. The van der Waals surface area contributed by atoms with Gasteiger partial charge in [0.1, 0.15) is 0 Å². The average molecular weight is 493 g/mol. The van der Waals surface area contributed by atoms with Gasteiger partial charge in [-0.2, -0.15) is 0 Å². The second-order valence-corrected chi connectivity index (χ2v) is 15.4. The largest absolute Gasteiger partial charge is 0.223 e. The van der Waals surface area contributed by atoms with Gasteiger partial charge in [0.05, 0.1) is 20.3 Å². The minimum absolute atomic E-state index is 0.0983. The quantitative estimate of drug-likeness (QED) is 0.572. The first-order chi connectivity index (χ1) is 16.2. The summed E-state index contributed by atoms with van der Waals surface area (Å²) in [7, 11) is -7.77. The second kappa shape index (κ2) is 6.33. The van der Waals surface area contributed by atoms with Crippen molar-refractivity contribution in [2.45, 2.75) is 47.0 Å². The summed E-state index contributed by atoms with van der Waals surface area (Å²) in [6.07, 6.45) is 6.59. The third-order valence-electron chi connectivity index (χ3n) is 9.93. The minimum Gasteiger partial charge on any atom is -0.223 e. The van der Waals surface area contributed by atoms with Gasteiger partial charge < -0.3 is 0 Å². The van der Waals surface area contributed by atoms with Gasteiger partial charge in [0.2, 0.25) is 0 Å². The van der Waals surface area contributed by atoms with Crippen molar-refractivity contribution in [2.75, 3.05) is 0 Å². The van der Waals surface area contributed by atoms with E-state index in [-0.39, 0.29) is 32.5 Å². The maximum absolute atomic E-state index is 14.3. The average Bonchev–Trinajstić information content (AvgIpc) is 3.16. The van der Waals surface area contributed by atoms with Crippen LogP contribution in [0.25, 0.3) is 0 Å². The molecule has 0 aromatic heterocycles. The molecule has 2 aromatic rings. The number of hydrogen-bond donors (Lipinski definition) is 0. The van der Waals surface area contributed by atoms with Gasteiger partial charge in [-0.05, 0) is 73.6 Å². The number of sulfone groups is 2. The van der Waals surface area contributed by atoms with Gasteiger partial charge >= 0.3 is 0 Å². The van der Waals surface area contributed by atoms with E-state index in [9.17, 15) is 16.8 Å². The summed E-state index contributed by atoms with van der Waals surface area (Å²) >= 11 is 0. The first kappa shape index (κ1) is 21.1. The van der Waals surface area contributed by atoms with E-state index < -0.39 is 30.2 Å². The molecule has 0 aliphatic heterocycles. The molecule has 4 bridgehead atoms. The Balaban J connectivity index is 1.52. The molecule has 5 aliphatic rings. The van der Waals surface area contributed by atoms with Crippen LogP contribution in [0.4, 0.5) is 0 Å². The summed E-state index contributed by atoms with van der Waals surface area (Å²) < 4.78 is 57.3. The van der Waals surface area contributed by atoms with Gasteiger partial charge in [-0.1, -0.05) is 59.7 Å². The summed E-state index contributed by atoms with van der Waals surface area (Å²) in [6, 6.07) is 17.0. The molecule has 4 fully saturated rings. The summed E-state index contributed by atoms with van der Waals surface area (Å²) in [5.41, 5.74) is 2.03. The van der Waals surface area contributed by atoms with Gasteiger partial charge in [-0.15, -0.1) is 0 Å². The zero-order valence-electron chi connectivity index (χ0n) is 19.3. The molecule has 0 spiro atoms. The van der Waals surface area contributed by atoms with Crippen molar-refractivity contribution >= 4 is 19.7 Å². The Labute approximate surface area is 201 Å². The monoisotopic (exact) mass is 492 g/mol. The van der Waals surface area contributed by atoms with E-state index in [1.807, 2.05) is 13.8 Å². The smallest absolute Gasteiger partial charge is 0.183 e. The molecule has 0 radical (unpaired) electrons. The van der Waals surface area contributed by atoms with Crippen molar-refractivity contribution in [2.24, 2.45) is 34.5 Å². The molecule has 6 heteroatoms. The lowest BCUT2D eigenvalue weighted by Gasteiger charge is -2.40. The molecule has 4 nitrogen and oxygen atoms in total. The first-order valence-electron chi connectivity index (χ1n) is 12.1. The highest BCUT2D eigenvalue weighted by Crippen LogP contribution is 2.95.